The summed E-state index contributed by atoms with van der Waals surface area (Å²) < 4.78 is 6.93. The van der Waals surface area contributed by atoms with Gasteiger partial charge in [-0.25, -0.2) is 9.36 Å². The van der Waals surface area contributed by atoms with Crippen LogP contribution < -0.4 is 5.32 Å². The maximum Gasteiger partial charge on any atom is 0.422 e. The van der Waals surface area contributed by atoms with Gasteiger partial charge in [0, 0.05) is 5.69 Å². The summed E-state index contributed by atoms with van der Waals surface area (Å²) in [7, 11) is 0. The number of carbonyl (C=O) groups excluding carboxylic acids is 2. The second-order valence-corrected chi connectivity index (χ2v) is 10.4. The lowest BCUT2D eigenvalue weighted by Gasteiger charge is -2.21. The number of aromatic nitrogens is 3. The van der Waals surface area contributed by atoms with Crippen LogP contribution in [0.5, 0.6) is 0 Å². The van der Waals surface area contributed by atoms with E-state index in [4.69, 9.17) is 4.74 Å². The Labute approximate surface area is 202 Å². The lowest BCUT2D eigenvalue weighted by Crippen LogP contribution is -2.29. The van der Waals surface area contributed by atoms with E-state index in [1.165, 1.54) is 21.5 Å². The van der Waals surface area contributed by atoms with Crippen molar-refractivity contribution >= 4 is 40.8 Å². The molecule has 7 nitrogen and oxygen atoms in total. The molecule has 2 aromatic heterocycles. The number of carbonyl (C=O) groups is 2. The molecule has 1 unspecified atom stereocenters. The number of hydrogen-bond donors (Lipinski definition) is 1. The number of nitrogens with one attached hydrogen (secondary N) is 1. The van der Waals surface area contributed by atoms with Crippen molar-refractivity contribution in [3.63, 3.8) is 0 Å². The molecule has 174 valence electrons. The van der Waals surface area contributed by atoms with Crippen LogP contribution in [0.2, 0.25) is 0 Å². The maximum absolute atomic E-state index is 13.1. The predicted octanol–water partition coefficient (Wildman–Crippen LogP) is 6.03. The number of amides is 1. The largest absolute Gasteiger partial charge is 0.443 e. The highest BCUT2D eigenvalue weighted by Gasteiger charge is 2.29. The third kappa shape index (κ3) is 6.55. The van der Waals surface area contributed by atoms with Crippen molar-refractivity contribution in [3.05, 3.63) is 60.0 Å². The van der Waals surface area contributed by atoms with Gasteiger partial charge < -0.3 is 10.1 Å². The maximum atomic E-state index is 13.1. The van der Waals surface area contributed by atoms with E-state index in [1.807, 2.05) is 41.8 Å². The molecule has 1 amide bonds. The van der Waals surface area contributed by atoms with Crippen molar-refractivity contribution < 1.29 is 14.3 Å². The van der Waals surface area contributed by atoms with Gasteiger partial charge in [0.2, 0.25) is 11.1 Å². The van der Waals surface area contributed by atoms with Gasteiger partial charge in [-0.1, -0.05) is 43.0 Å². The molecular weight excluding hydrogens is 456 g/mol. The highest BCUT2D eigenvalue weighted by molar-refractivity contribution is 8.00. The second-order valence-electron chi connectivity index (χ2n) is 8.27. The summed E-state index contributed by atoms with van der Waals surface area (Å²) in [6.45, 7) is 11.2. The fourth-order valence-electron chi connectivity index (χ4n) is 2.92. The molecule has 0 fully saturated rings. The molecule has 0 saturated carbocycles. The van der Waals surface area contributed by atoms with Crippen LogP contribution in [0.3, 0.4) is 0 Å². The minimum atomic E-state index is -0.696. The minimum absolute atomic E-state index is 0.208. The van der Waals surface area contributed by atoms with Gasteiger partial charge in [0.1, 0.15) is 5.60 Å². The molecule has 0 bridgehead atoms. The Morgan fingerprint density at radius 3 is 2.55 bits per heavy atom. The molecule has 0 aliphatic rings. The second kappa shape index (κ2) is 10.8. The molecule has 0 radical (unpaired) electrons. The van der Waals surface area contributed by atoms with E-state index in [9.17, 15) is 9.59 Å². The monoisotopic (exact) mass is 484 g/mol. The van der Waals surface area contributed by atoms with Gasteiger partial charge in [0.15, 0.2) is 5.82 Å². The number of thiophene rings is 1. The summed E-state index contributed by atoms with van der Waals surface area (Å²) in [5.41, 5.74) is 1.20. The number of allylic oxidation sites excluding steroid dienone is 1. The van der Waals surface area contributed by atoms with Crippen LogP contribution in [0.1, 0.15) is 39.7 Å². The van der Waals surface area contributed by atoms with Crippen LogP contribution in [-0.4, -0.2) is 37.6 Å². The topological polar surface area (TPSA) is 86.1 Å². The third-order valence-electron chi connectivity index (χ3n) is 4.50. The van der Waals surface area contributed by atoms with Gasteiger partial charge in [-0.05, 0) is 62.8 Å². The number of nitrogens with zero attached hydrogens (tertiary/aromatic N) is 3. The SMILES string of the molecule is C=CCC(Sc1nnc(-c2cccs2)n1C(=O)OC(C)(C)C)C(=O)Nc1ccc(CC)cc1. The number of aryl methyl sites for hydroxylation is 1. The number of ether oxygens (including phenoxy) is 1. The molecule has 0 aliphatic carbocycles. The van der Waals surface area contributed by atoms with Crippen molar-refractivity contribution in [1.82, 2.24) is 14.8 Å². The smallest absolute Gasteiger partial charge is 0.422 e. The quantitative estimate of drug-likeness (QED) is 0.310. The van der Waals surface area contributed by atoms with Crippen LogP contribution in [0.25, 0.3) is 10.7 Å². The molecule has 0 aliphatic heterocycles. The van der Waals surface area contributed by atoms with Crippen LogP contribution in [0.4, 0.5) is 10.5 Å². The summed E-state index contributed by atoms with van der Waals surface area (Å²) in [6.07, 6.45) is 2.40. The zero-order chi connectivity index (χ0) is 24.0. The summed E-state index contributed by atoms with van der Waals surface area (Å²) >= 11 is 2.60. The summed E-state index contributed by atoms with van der Waals surface area (Å²) in [4.78, 5) is 26.9. The highest BCUT2D eigenvalue weighted by atomic mass is 32.2. The van der Waals surface area contributed by atoms with Crippen LogP contribution in [-0.2, 0) is 16.0 Å². The summed E-state index contributed by atoms with van der Waals surface area (Å²) in [6, 6.07) is 11.5. The van der Waals surface area contributed by atoms with Gasteiger partial charge in [-0.2, -0.15) is 0 Å². The Morgan fingerprint density at radius 2 is 1.97 bits per heavy atom. The van der Waals surface area contributed by atoms with Crippen molar-refractivity contribution in [2.24, 2.45) is 0 Å². The molecule has 2 heterocycles. The Morgan fingerprint density at radius 1 is 1.24 bits per heavy atom. The fraction of sp³-hybridized carbons (Fsp3) is 0.333. The Kier molecular flexibility index (Phi) is 8.10. The first-order valence-corrected chi connectivity index (χ1v) is 12.4. The van der Waals surface area contributed by atoms with E-state index >= 15 is 0 Å². The van der Waals surface area contributed by atoms with Crippen molar-refractivity contribution in [2.45, 2.75) is 56.5 Å². The van der Waals surface area contributed by atoms with Crippen molar-refractivity contribution in [2.75, 3.05) is 5.32 Å². The Hall–Kier alpha value is -2.91. The van der Waals surface area contributed by atoms with Crippen LogP contribution in [0.15, 0.2) is 59.6 Å². The van der Waals surface area contributed by atoms with Crippen LogP contribution >= 0.6 is 23.1 Å². The minimum Gasteiger partial charge on any atom is -0.443 e. The molecule has 1 atom stereocenters. The van der Waals surface area contributed by atoms with Crippen LogP contribution in [0, 0.1) is 0 Å². The molecule has 9 heteroatoms. The lowest BCUT2D eigenvalue weighted by molar-refractivity contribution is -0.115. The number of benzene rings is 1. The highest BCUT2D eigenvalue weighted by Crippen LogP contribution is 2.31. The van der Waals surface area contributed by atoms with Gasteiger partial charge in [-0.15, -0.1) is 28.1 Å². The number of anilines is 1. The number of hydrogen-bond acceptors (Lipinski definition) is 7. The summed E-state index contributed by atoms with van der Waals surface area (Å²) in [5, 5.41) is 13.0. The average Bonchev–Trinajstić information content (AvgIpc) is 3.42. The normalized spacial score (nSPS) is 12.2. The predicted molar refractivity (Wildman–Crippen MR) is 134 cm³/mol. The van der Waals surface area contributed by atoms with E-state index in [0.29, 0.717) is 17.9 Å². The van der Waals surface area contributed by atoms with Gasteiger partial charge in [0.05, 0.1) is 10.1 Å². The van der Waals surface area contributed by atoms with Crippen molar-refractivity contribution in [3.8, 4) is 10.7 Å². The first-order chi connectivity index (χ1) is 15.7. The zero-order valence-corrected chi connectivity index (χ0v) is 20.8. The molecule has 33 heavy (non-hydrogen) atoms. The van der Waals surface area contributed by atoms with E-state index in [0.717, 1.165) is 23.1 Å². The standard InChI is InChI=1S/C24H28N4O3S2/c1-6-9-19(21(29)25-17-13-11-16(7-2)12-14-17)33-22-27-26-20(18-10-8-15-32-18)28(22)23(30)31-24(3,4)5/h6,8,10-15,19H,1,7,9H2,2-5H3,(H,25,29). The van der Waals surface area contributed by atoms with Gasteiger partial charge in [-0.3, -0.25) is 4.79 Å². The molecule has 3 rings (SSSR count). The van der Waals surface area contributed by atoms with Gasteiger partial charge >= 0.3 is 6.09 Å². The van der Waals surface area contributed by atoms with E-state index in [2.05, 4.69) is 29.0 Å². The van der Waals surface area contributed by atoms with Crippen molar-refractivity contribution in [1.29, 1.82) is 0 Å². The van der Waals surface area contributed by atoms with E-state index in [-0.39, 0.29) is 11.1 Å². The number of thioether (sulfide) groups is 1. The molecule has 1 aromatic carbocycles. The molecule has 3 aromatic rings. The number of rotatable bonds is 8. The van der Waals surface area contributed by atoms with Gasteiger partial charge in [0.25, 0.3) is 0 Å². The molecular formula is C24H28N4O3S2. The average molecular weight is 485 g/mol. The third-order valence-corrected chi connectivity index (χ3v) is 6.53. The molecule has 1 N–H and O–H groups in total. The Balaban J connectivity index is 1.88. The zero-order valence-electron chi connectivity index (χ0n) is 19.2. The first kappa shape index (κ1) is 24.7. The molecule has 0 saturated heterocycles. The molecule has 0 spiro atoms. The fourth-order valence-corrected chi connectivity index (χ4v) is 4.62. The Bertz CT molecular complexity index is 1100. The van der Waals surface area contributed by atoms with E-state index in [1.54, 1.807) is 26.8 Å². The first-order valence-electron chi connectivity index (χ1n) is 10.6. The summed E-state index contributed by atoms with van der Waals surface area (Å²) in [5.74, 6) is 0.176. The lowest BCUT2D eigenvalue weighted by atomic mass is 10.1. The van der Waals surface area contributed by atoms with E-state index < -0.39 is 16.9 Å².